The van der Waals surface area contributed by atoms with Crippen molar-refractivity contribution in [3.8, 4) is 5.75 Å². The lowest BCUT2D eigenvalue weighted by atomic mass is 10.0. The van der Waals surface area contributed by atoms with Crippen LogP contribution in [-0.4, -0.2) is 21.6 Å². The molecule has 1 aliphatic carbocycles. The van der Waals surface area contributed by atoms with Crippen LogP contribution in [0.15, 0.2) is 90.3 Å². The van der Waals surface area contributed by atoms with Gasteiger partial charge in [-0.25, -0.2) is 9.18 Å². The Morgan fingerprint density at radius 3 is 2.49 bits per heavy atom. The van der Waals surface area contributed by atoms with Gasteiger partial charge < -0.3 is 19.7 Å². The summed E-state index contributed by atoms with van der Waals surface area (Å²) in [5.74, 6) is -1.35. The molecule has 3 aromatic rings. The van der Waals surface area contributed by atoms with Gasteiger partial charge in [0.05, 0.1) is 11.1 Å². The van der Waals surface area contributed by atoms with Crippen LogP contribution < -0.4 is 10.1 Å². The number of carbonyl (C=O) groups is 2. The maximum Gasteiger partial charge on any atom is 0.336 e. The Balaban J connectivity index is 1.51. The zero-order valence-corrected chi connectivity index (χ0v) is 19.4. The van der Waals surface area contributed by atoms with Crippen molar-refractivity contribution in [1.29, 1.82) is 0 Å². The first kappa shape index (κ1) is 23.8. The Labute approximate surface area is 202 Å². The zero-order chi connectivity index (χ0) is 24.9. The quantitative estimate of drug-likeness (QED) is 0.454. The van der Waals surface area contributed by atoms with Crippen LogP contribution in [0.25, 0.3) is 5.57 Å². The van der Waals surface area contributed by atoms with Gasteiger partial charge in [-0.2, -0.15) is 0 Å². The molecule has 0 radical (unpaired) electrons. The van der Waals surface area contributed by atoms with Crippen LogP contribution in [0, 0.1) is 6.92 Å². The van der Waals surface area contributed by atoms with E-state index in [1.165, 1.54) is 18.2 Å². The number of rotatable bonds is 7. The fraction of sp³-hybridized carbons (Fsp3) is 0.143. The summed E-state index contributed by atoms with van der Waals surface area (Å²) in [5, 5.41) is 12.5. The highest BCUT2D eigenvalue weighted by Crippen LogP contribution is 2.31. The van der Waals surface area contributed by atoms with Crippen molar-refractivity contribution in [2.24, 2.45) is 7.05 Å². The molecule has 1 aliphatic rings. The van der Waals surface area contributed by atoms with Gasteiger partial charge in [-0.15, -0.1) is 0 Å². The molecule has 0 saturated heterocycles. The number of carboxylic acid groups (broad SMARTS) is 1. The highest BCUT2D eigenvalue weighted by atomic mass is 19.1. The molecule has 6 nitrogen and oxygen atoms in total. The number of benzene rings is 2. The van der Waals surface area contributed by atoms with E-state index >= 15 is 0 Å². The first-order valence-electron chi connectivity index (χ1n) is 11.1. The molecule has 1 amide bonds. The molecule has 178 valence electrons. The largest absolute Gasteiger partial charge is 0.489 e. The van der Waals surface area contributed by atoms with E-state index in [0.29, 0.717) is 35.0 Å². The van der Waals surface area contributed by atoms with Gasteiger partial charge in [-0.3, -0.25) is 4.79 Å². The number of nitrogens with zero attached hydrogens (tertiary/aromatic N) is 1. The summed E-state index contributed by atoms with van der Waals surface area (Å²) < 4.78 is 21.6. The van der Waals surface area contributed by atoms with Crippen LogP contribution in [0.2, 0.25) is 0 Å². The molecule has 7 heteroatoms. The zero-order valence-electron chi connectivity index (χ0n) is 19.4. The fourth-order valence-corrected chi connectivity index (χ4v) is 3.85. The predicted molar refractivity (Wildman–Crippen MR) is 133 cm³/mol. The second-order valence-electron chi connectivity index (χ2n) is 8.15. The van der Waals surface area contributed by atoms with Crippen LogP contribution in [0.1, 0.15) is 33.7 Å². The third kappa shape index (κ3) is 5.41. The molecule has 0 unspecified atom stereocenters. The maximum absolute atomic E-state index is 14.1. The smallest absolute Gasteiger partial charge is 0.336 e. The van der Waals surface area contributed by atoms with Gasteiger partial charge >= 0.3 is 5.97 Å². The van der Waals surface area contributed by atoms with E-state index < -0.39 is 11.8 Å². The third-order valence-electron chi connectivity index (χ3n) is 5.85. The van der Waals surface area contributed by atoms with Crippen molar-refractivity contribution in [1.82, 2.24) is 4.57 Å². The molecule has 0 saturated carbocycles. The third-order valence-corrected chi connectivity index (χ3v) is 5.85. The minimum Gasteiger partial charge on any atom is -0.489 e. The summed E-state index contributed by atoms with van der Waals surface area (Å²) in [7, 11) is 1.72. The number of aliphatic carboxylic acids is 1. The summed E-state index contributed by atoms with van der Waals surface area (Å²) >= 11 is 0. The van der Waals surface area contributed by atoms with Gasteiger partial charge in [0.25, 0.3) is 5.91 Å². The van der Waals surface area contributed by atoms with Crippen molar-refractivity contribution < 1.29 is 23.8 Å². The van der Waals surface area contributed by atoms with Crippen molar-refractivity contribution in [2.75, 3.05) is 5.32 Å². The standard InChI is InChI=1S/C28H25FN2O4/c1-18-24(16-26(31(18)2)25-15-20(29)9-6-10-23(25)28(33)34)27(32)30-21-11-13-22(14-12-21)35-17-19-7-4-3-5-8-19/h3-5,7-16H,6,17H2,1-2H3,(H,30,32)(H,33,34). The summed E-state index contributed by atoms with van der Waals surface area (Å²) in [6.45, 7) is 2.20. The SMILES string of the molecule is Cc1c(C(=O)Nc2ccc(OCc3ccccc3)cc2)cc(C2=CC(F)=CCC=C2C(=O)O)n1C. The first-order chi connectivity index (χ1) is 16.8. The van der Waals surface area contributed by atoms with Crippen LogP contribution >= 0.6 is 0 Å². The van der Waals surface area contributed by atoms with E-state index in [1.54, 1.807) is 48.9 Å². The number of halogens is 1. The predicted octanol–water partition coefficient (Wildman–Crippen LogP) is 5.82. The average Bonchev–Trinajstić information content (AvgIpc) is 3.01. The lowest BCUT2D eigenvalue weighted by Crippen LogP contribution is -2.12. The van der Waals surface area contributed by atoms with E-state index in [-0.39, 0.29) is 23.5 Å². The number of hydrogen-bond donors (Lipinski definition) is 2. The molecule has 2 aromatic carbocycles. The monoisotopic (exact) mass is 472 g/mol. The molecule has 0 atom stereocenters. The van der Waals surface area contributed by atoms with Crippen LogP contribution in [0.5, 0.6) is 5.75 Å². The second kappa shape index (κ2) is 10.3. The van der Waals surface area contributed by atoms with Crippen molar-refractivity contribution in [3.05, 3.63) is 113 Å². The number of carbonyl (C=O) groups excluding carboxylic acids is 1. The molecule has 0 bridgehead atoms. The van der Waals surface area contributed by atoms with E-state index in [9.17, 15) is 19.1 Å². The Kier molecular flexibility index (Phi) is 6.96. The van der Waals surface area contributed by atoms with Gasteiger partial charge in [0.15, 0.2) is 0 Å². The van der Waals surface area contributed by atoms with E-state index in [0.717, 1.165) is 5.56 Å². The first-order valence-corrected chi connectivity index (χ1v) is 11.1. The maximum atomic E-state index is 14.1. The number of carboxylic acids is 1. The lowest BCUT2D eigenvalue weighted by Gasteiger charge is -2.10. The van der Waals surface area contributed by atoms with Crippen LogP contribution in [0.4, 0.5) is 10.1 Å². The number of ether oxygens (including phenoxy) is 1. The summed E-state index contributed by atoms with van der Waals surface area (Å²) in [6.07, 6.45) is 4.14. The summed E-state index contributed by atoms with van der Waals surface area (Å²) in [6, 6.07) is 18.4. The fourth-order valence-electron chi connectivity index (χ4n) is 3.85. The van der Waals surface area contributed by atoms with Crippen molar-refractivity contribution in [3.63, 3.8) is 0 Å². The van der Waals surface area contributed by atoms with E-state index in [1.807, 2.05) is 30.3 Å². The Morgan fingerprint density at radius 1 is 1.09 bits per heavy atom. The normalized spacial score (nSPS) is 13.3. The van der Waals surface area contributed by atoms with Gasteiger partial charge in [0.2, 0.25) is 0 Å². The number of nitrogens with one attached hydrogen (secondary N) is 1. The number of amides is 1. The summed E-state index contributed by atoms with van der Waals surface area (Å²) in [5.41, 5.74) is 3.28. The van der Waals surface area contributed by atoms with Gasteiger partial charge in [-0.1, -0.05) is 36.4 Å². The Bertz CT molecular complexity index is 1350. The molecule has 0 fully saturated rings. The molecule has 1 aromatic heterocycles. The minimum atomic E-state index is -1.15. The molecular weight excluding hydrogens is 447 g/mol. The molecule has 2 N–H and O–H groups in total. The van der Waals surface area contributed by atoms with Crippen molar-refractivity contribution >= 4 is 23.1 Å². The van der Waals surface area contributed by atoms with Gasteiger partial charge in [0, 0.05) is 29.7 Å². The second-order valence-corrected chi connectivity index (χ2v) is 8.15. The average molecular weight is 473 g/mol. The molecular formula is C28H25FN2O4. The lowest BCUT2D eigenvalue weighted by molar-refractivity contribution is -0.132. The Hall–Kier alpha value is -4.39. The van der Waals surface area contributed by atoms with Crippen LogP contribution in [0.3, 0.4) is 0 Å². The highest BCUT2D eigenvalue weighted by Gasteiger charge is 2.24. The number of allylic oxidation sites excluding steroid dienone is 4. The number of aromatic nitrogens is 1. The van der Waals surface area contributed by atoms with Gasteiger partial charge in [-0.05, 0) is 61.4 Å². The topological polar surface area (TPSA) is 80.6 Å². The van der Waals surface area contributed by atoms with E-state index in [2.05, 4.69) is 5.32 Å². The molecule has 0 aliphatic heterocycles. The van der Waals surface area contributed by atoms with Gasteiger partial charge in [0.1, 0.15) is 18.2 Å². The van der Waals surface area contributed by atoms with Crippen molar-refractivity contribution in [2.45, 2.75) is 20.0 Å². The number of anilines is 1. The molecule has 0 spiro atoms. The molecule has 35 heavy (non-hydrogen) atoms. The summed E-state index contributed by atoms with van der Waals surface area (Å²) in [4.78, 5) is 24.8. The molecule has 1 heterocycles. The van der Waals surface area contributed by atoms with E-state index in [4.69, 9.17) is 4.74 Å². The number of hydrogen-bond acceptors (Lipinski definition) is 3. The minimum absolute atomic E-state index is 0.00690. The molecule has 4 rings (SSSR count). The van der Waals surface area contributed by atoms with Crippen LogP contribution in [-0.2, 0) is 18.4 Å². The Morgan fingerprint density at radius 2 is 1.80 bits per heavy atom. The highest BCUT2D eigenvalue weighted by molar-refractivity contribution is 6.09.